The summed E-state index contributed by atoms with van der Waals surface area (Å²) in [6.07, 6.45) is 1.64. The maximum Gasteiger partial charge on any atom is 0.319 e. The molecule has 1 unspecified atom stereocenters. The fourth-order valence-electron chi connectivity index (χ4n) is 2.01. The lowest BCUT2D eigenvalue weighted by Gasteiger charge is -2.12. The van der Waals surface area contributed by atoms with E-state index in [1.54, 1.807) is 12.1 Å². The smallest absolute Gasteiger partial charge is 0.319 e. The zero-order valence-corrected chi connectivity index (χ0v) is 11.9. The van der Waals surface area contributed by atoms with Gasteiger partial charge in [0.25, 0.3) is 0 Å². The SMILES string of the molecule is O=C(O)CCc1ccc(NC(=O)NC2CCSC2)cc1. The van der Waals surface area contributed by atoms with Crippen molar-refractivity contribution in [1.29, 1.82) is 0 Å². The first-order valence-electron chi connectivity index (χ1n) is 6.59. The van der Waals surface area contributed by atoms with Gasteiger partial charge in [0.15, 0.2) is 0 Å². The van der Waals surface area contributed by atoms with Crippen LogP contribution in [0.5, 0.6) is 0 Å². The van der Waals surface area contributed by atoms with Gasteiger partial charge in [-0.25, -0.2) is 4.79 Å². The molecule has 1 aromatic carbocycles. The topological polar surface area (TPSA) is 78.4 Å². The van der Waals surface area contributed by atoms with Crippen LogP contribution in [0.1, 0.15) is 18.4 Å². The molecule has 1 aliphatic rings. The number of carbonyl (C=O) groups is 2. The predicted octanol–water partition coefficient (Wildman–Crippen LogP) is 2.33. The highest BCUT2D eigenvalue weighted by molar-refractivity contribution is 7.99. The summed E-state index contributed by atoms with van der Waals surface area (Å²) in [6.45, 7) is 0. The molecule has 20 heavy (non-hydrogen) atoms. The minimum absolute atomic E-state index is 0.118. The Balaban J connectivity index is 1.80. The van der Waals surface area contributed by atoms with E-state index in [1.165, 1.54) is 0 Å². The molecule has 0 spiro atoms. The van der Waals surface area contributed by atoms with Crippen LogP contribution in [0.4, 0.5) is 10.5 Å². The Bertz CT molecular complexity index is 470. The molecule has 0 radical (unpaired) electrons. The summed E-state index contributed by atoms with van der Waals surface area (Å²) in [5, 5.41) is 14.3. The van der Waals surface area contributed by atoms with Crippen LogP contribution >= 0.6 is 11.8 Å². The Morgan fingerprint density at radius 1 is 1.30 bits per heavy atom. The lowest BCUT2D eigenvalue weighted by Crippen LogP contribution is -2.37. The Labute approximate surface area is 122 Å². The second-order valence-corrected chi connectivity index (χ2v) is 5.90. The molecule has 0 bridgehead atoms. The maximum absolute atomic E-state index is 11.8. The van der Waals surface area contributed by atoms with Gasteiger partial charge in [0.2, 0.25) is 0 Å². The van der Waals surface area contributed by atoms with Crippen LogP contribution < -0.4 is 10.6 Å². The number of hydrogen-bond acceptors (Lipinski definition) is 3. The van der Waals surface area contributed by atoms with Crippen LogP contribution in [0.15, 0.2) is 24.3 Å². The molecule has 0 aromatic heterocycles. The second kappa shape index (κ2) is 7.19. The Kier molecular flexibility index (Phi) is 5.29. The molecule has 0 aliphatic carbocycles. The van der Waals surface area contributed by atoms with Gasteiger partial charge in [-0.3, -0.25) is 4.79 Å². The van der Waals surface area contributed by atoms with Crippen molar-refractivity contribution >= 4 is 29.4 Å². The van der Waals surface area contributed by atoms with Crippen LogP contribution in [0, 0.1) is 0 Å². The number of thioether (sulfide) groups is 1. The molecule has 1 aromatic rings. The number of amides is 2. The minimum atomic E-state index is -0.805. The number of anilines is 1. The van der Waals surface area contributed by atoms with Crippen molar-refractivity contribution < 1.29 is 14.7 Å². The highest BCUT2D eigenvalue weighted by Crippen LogP contribution is 2.17. The van der Waals surface area contributed by atoms with Crippen molar-refractivity contribution in [1.82, 2.24) is 5.32 Å². The first-order chi connectivity index (χ1) is 9.63. The van der Waals surface area contributed by atoms with Crippen molar-refractivity contribution in [3.05, 3.63) is 29.8 Å². The summed E-state index contributed by atoms with van der Waals surface area (Å²) in [5.74, 6) is 1.27. The van der Waals surface area contributed by atoms with Gasteiger partial charge in [0.1, 0.15) is 0 Å². The van der Waals surface area contributed by atoms with Gasteiger partial charge in [-0.1, -0.05) is 12.1 Å². The van der Waals surface area contributed by atoms with E-state index < -0.39 is 5.97 Å². The standard InChI is InChI=1S/C14H18N2O3S/c17-13(18)6-3-10-1-4-11(5-2-10)15-14(19)16-12-7-8-20-9-12/h1-2,4-5,12H,3,6-9H2,(H,17,18)(H2,15,16,19). The summed E-state index contributed by atoms with van der Waals surface area (Å²) in [7, 11) is 0. The average molecular weight is 294 g/mol. The van der Waals surface area contributed by atoms with Gasteiger partial charge >= 0.3 is 12.0 Å². The maximum atomic E-state index is 11.8. The monoisotopic (exact) mass is 294 g/mol. The van der Waals surface area contributed by atoms with Gasteiger partial charge in [0.05, 0.1) is 0 Å². The number of benzene rings is 1. The summed E-state index contributed by atoms with van der Waals surface area (Å²) in [6, 6.07) is 7.33. The van der Waals surface area contributed by atoms with Gasteiger partial charge in [0, 0.05) is 23.9 Å². The number of rotatable bonds is 5. The molecule has 5 nitrogen and oxygen atoms in total. The van der Waals surface area contributed by atoms with Crippen molar-refractivity contribution in [2.75, 3.05) is 16.8 Å². The Morgan fingerprint density at radius 2 is 2.05 bits per heavy atom. The molecule has 1 saturated heterocycles. The normalized spacial score (nSPS) is 17.7. The third-order valence-corrected chi connectivity index (χ3v) is 4.27. The van der Waals surface area contributed by atoms with Crippen LogP contribution in [-0.2, 0) is 11.2 Å². The largest absolute Gasteiger partial charge is 0.481 e. The molecule has 2 rings (SSSR count). The summed E-state index contributed by atoms with van der Waals surface area (Å²) in [5.41, 5.74) is 1.66. The number of carboxylic acids is 1. The van der Waals surface area contributed by atoms with Gasteiger partial charge in [-0.15, -0.1) is 0 Å². The zero-order chi connectivity index (χ0) is 14.4. The van der Waals surface area contributed by atoms with Crippen LogP contribution in [-0.4, -0.2) is 34.7 Å². The fourth-order valence-corrected chi connectivity index (χ4v) is 3.16. The van der Waals surface area contributed by atoms with E-state index in [0.29, 0.717) is 12.1 Å². The number of urea groups is 1. The van der Waals surface area contributed by atoms with E-state index in [9.17, 15) is 9.59 Å². The van der Waals surface area contributed by atoms with Crippen LogP contribution in [0.3, 0.4) is 0 Å². The number of hydrogen-bond donors (Lipinski definition) is 3. The van der Waals surface area contributed by atoms with Crippen molar-refractivity contribution in [3.8, 4) is 0 Å². The molecule has 1 fully saturated rings. The molecular formula is C14H18N2O3S. The van der Waals surface area contributed by atoms with E-state index in [1.807, 2.05) is 23.9 Å². The number of aliphatic carboxylic acids is 1. The molecule has 6 heteroatoms. The van der Waals surface area contributed by atoms with Gasteiger partial charge in [-0.2, -0.15) is 11.8 Å². The van der Waals surface area contributed by atoms with Crippen LogP contribution in [0.25, 0.3) is 0 Å². The molecule has 108 valence electrons. The Hall–Kier alpha value is -1.69. The molecule has 2 amide bonds. The van der Waals surface area contributed by atoms with Crippen molar-refractivity contribution in [3.63, 3.8) is 0 Å². The lowest BCUT2D eigenvalue weighted by molar-refractivity contribution is -0.136. The highest BCUT2D eigenvalue weighted by atomic mass is 32.2. The molecular weight excluding hydrogens is 276 g/mol. The first-order valence-corrected chi connectivity index (χ1v) is 7.75. The number of carbonyl (C=O) groups excluding carboxylic acids is 1. The minimum Gasteiger partial charge on any atom is -0.481 e. The predicted molar refractivity (Wildman–Crippen MR) is 80.3 cm³/mol. The van der Waals surface area contributed by atoms with E-state index in [0.717, 1.165) is 23.5 Å². The second-order valence-electron chi connectivity index (χ2n) is 4.75. The summed E-state index contributed by atoms with van der Waals surface area (Å²) in [4.78, 5) is 22.2. The number of nitrogens with one attached hydrogen (secondary N) is 2. The van der Waals surface area contributed by atoms with Crippen molar-refractivity contribution in [2.45, 2.75) is 25.3 Å². The van der Waals surface area contributed by atoms with E-state index in [4.69, 9.17) is 5.11 Å². The number of aryl methyl sites for hydroxylation is 1. The van der Waals surface area contributed by atoms with Crippen LogP contribution in [0.2, 0.25) is 0 Å². The van der Waals surface area contributed by atoms with Gasteiger partial charge in [-0.05, 0) is 36.3 Å². The molecule has 1 heterocycles. The molecule has 3 N–H and O–H groups in total. The third kappa shape index (κ3) is 4.77. The third-order valence-electron chi connectivity index (χ3n) is 3.10. The average Bonchev–Trinajstić information content (AvgIpc) is 2.90. The number of carboxylic acid groups (broad SMARTS) is 1. The summed E-state index contributed by atoms with van der Waals surface area (Å²) >= 11 is 1.85. The zero-order valence-electron chi connectivity index (χ0n) is 11.1. The van der Waals surface area contributed by atoms with E-state index in [2.05, 4.69) is 10.6 Å². The van der Waals surface area contributed by atoms with E-state index in [-0.39, 0.29) is 18.5 Å². The quantitative estimate of drug-likeness (QED) is 0.779. The molecule has 1 atom stereocenters. The lowest BCUT2D eigenvalue weighted by atomic mass is 10.1. The van der Waals surface area contributed by atoms with E-state index >= 15 is 0 Å². The van der Waals surface area contributed by atoms with Crippen molar-refractivity contribution in [2.24, 2.45) is 0 Å². The first kappa shape index (κ1) is 14.7. The Morgan fingerprint density at radius 3 is 2.65 bits per heavy atom. The summed E-state index contributed by atoms with van der Waals surface area (Å²) < 4.78 is 0. The molecule has 1 aliphatic heterocycles. The fraction of sp³-hybridized carbons (Fsp3) is 0.429. The highest BCUT2D eigenvalue weighted by Gasteiger charge is 2.17. The van der Waals surface area contributed by atoms with Gasteiger partial charge < -0.3 is 15.7 Å². The molecule has 0 saturated carbocycles.